The van der Waals surface area contributed by atoms with E-state index in [1.165, 1.54) is 60.4 Å². The summed E-state index contributed by atoms with van der Waals surface area (Å²) in [7, 11) is 0. The zero-order valence-corrected chi connectivity index (χ0v) is 20.1. The number of benzene rings is 4. The number of hydrogen-bond donors (Lipinski definition) is 0. The smallest absolute Gasteiger partial charge is 0.141 e. The van der Waals surface area contributed by atoms with Crippen LogP contribution in [0.25, 0.3) is 55.1 Å². The van der Waals surface area contributed by atoms with E-state index in [0.29, 0.717) is 0 Å². The molecule has 7 aromatic rings. The summed E-state index contributed by atoms with van der Waals surface area (Å²) in [6, 6.07) is 34.6. The van der Waals surface area contributed by atoms with Gasteiger partial charge in [0.2, 0.25) is 0 Å². The number of nitrogens with zero attached hydrogens (tertiary/aromatic N) is 3. The molecule has 0 saturated carbocycles. The van der Waals surface area contributed by atoms with E-state index >= 15 is 0 Å². The number of aromatic nitrogens is 3. The first kappa shape index (κ1) is 20.0. The lowest BCUT2D eigenvalue weighted by molar-refractivity contribution is 0.975. The minimum absolute atomic E-state index is 1.00. The number of fused-ring (bicyclic) bond motifs is 6. The van der Waals surface area contributed by atoms with Crippen molar-refractivity contribution >= 4 is 43.6 Å². The molecule has 0 aliphatic heterocycles. The maximum Gasteiger partial charge on any atom is 0.141 e. The largest absolute Gasteiger partial charge is 0.307 e. The molecule has 3 nitrogen and oxygen atoms in total. The van der Waals surface area contributed by atoms with Crippen LogP contribution in [0.15, 0.2) is 97.1 Å². The average Bonchev–Trinajstić information content (AvgIpc) is 3.40. The van der Waals surface area contributed by atoms with Crippen LogP contribution in [0.5, 0.6) is 0 Å². The van der Waals surface area contributed by atoms with Gasteiger partial charge in [0.05, 0.1) is 33.4 Å². The lowest BCUT2D eigenvalue weighted by Gasteiger charge is -2.20. The third-order valence-electron chi connectivity index (χ3n) is 7.46. The molecule has 0 fully saturated rings. The number of aryl methyl sites for hydroxylation is 1. The van der Waals surface area contributed by atoms with Gasteiger partial charge in [-0.25, -0.2) is 4.98 Å². The van der Waals surface area contributed by atoms with Gasteiger partial charge in [0.15, 0.2) is 0 Å². The van der Waals surface area contributed by atoms with E-state index < -0.39 is 0 Å². The predicted molar refractivity (Wildman–Crippen MR) is 147 cm³/mol. The van der Waals surface area contributed by atoms with Gasteiger partial charge in [-0.3, -0.25) is 4.57 Å². The van der Waals surface area contributed by atoms with Gasteiger partial charge >= 0.3 is 0 Å². The Morgan fingerprint density at radius 1 is 0.457 bits per heavy atom. The Balaban J connectivity index is 1.58. The first-order valence-corrected chi connectivity index (χ1v) is 12.1. The van der Waals surface area contributed by atoms with Crippen molar-refractivity contribution in [2.45, 2.75) is 20.8 Å². The summed E-state index contributed by atoms with van der Waals surface area (Å²) in [5, 5.41) is 5.05. The minimum Gasteiger partial charge on any atom is -0.307 e. The first-order valence-electron chi connectivity index (χ1n) is 12.1. The molecule has 0 aliphatic carbocycles. The van der Waals surface area contributed by atoms with Gasteiger partial charge in [0, 0.05) is 21.5 Å². The molecule has 3 heterocycles. The quantitative estimate of drug-likeness (QED) is 0.260. The van der Waals surface area contributed by atoms with Crippen LogP contribution in [-0.2, 0) is 0 Å². The molecule has 3 heteroatoms. The Bertz CT molecular complexity index is 1830. The highest BCUT2D eigenvalue weighted by Gasteiger charge is 2.21. The van der Waals surface area contributed by atoms with Gasteiger partial charge in [0.1, 0.15) is 5.82 Å². The third kappa shape index (κ3) is 2.69. The Kier molecular flexibility index (Phi) is 4.19. The van der Waals surface area contributed by atoms with Crippen LogP contribution < -0.4 is 0 Å². The molecule has 0 saturated heterocycles. The van der Waals surface area contributed by atoms with Crippen molar-refractivity contribution in [3.05, 3.63) is 114 Å². The maximum absolute atomic E-state index is 5.29. The lowest BCUT2D eigenvalue weighted by atomic mass is 10.1. The van der Waals surface area contributed by atoms with E-state index in [1.807, 2.05) is 0 Å². The van der Waals surface area contributed by atoms with Crippen molar-refractivity contribution in [2.75, 3.05) is 0 Å². The summed E-state index contributed by atoms with van der Waals surface area (Å²) in [5.74, 6) is 1.00. The third-order valence-corrected chi connectivity index (χ3v) is 7.46. The molecule has 7 rings (SSSR count). The fraction of sp³-hybridized carbons (Fsp3) is 0.0938. The highest BCUT2D eigenvalue weighted by molar-refractivity contribution is 6.10. The van der Waals surface area contributed by atoms with Gasteiger partial charge in [-0.1, -0.05) is 72.8 Å². The summed E-state index contributed by atoms with van der Waals surface area (Å²) in [4.78, 5) is 5.29. The van der Waals surface area contributed by atoms with E-state index in [0.717, 1.165) is 11.5 Å². The molecule has 0 spiro atoms. The van der Waals surface area contributed by atoms with E-state index in [4.69, 9.17) is 4.98 Å². The molecule has 0 amide bonds. The molecule has 0 atom stereocenters. The molecule has 0 aliphatic rings. The molecule has 0 radical (unpaired) electrons. The van der Waals surface area contributed by atoms with Gasteiger partial charge < -0.3 is 4.57 Å². The van der Waals surface area contributed by atoms with Crippen molar-refractivity contribution in [3.63, 3.8) is 0 Å². The maximum atomic E-state index is 5.29. The fourth-order valence-electron chi connectivity index (χ4n) is 5.77. The van der Waals surface area contributed by atoms with Crippen LogP contribution >= 0.6 is 0 Å². The summed E-state index contributed by atoms with van der Waals surface area (Å²) >= 11 is 0. The van der Waals surface area contributed by atoms with Gasteiger partial charge in [-0.15, -0.1) is 0 Å². The Labute approximate surface area is 203 Å². The van der Waals surface area contributed by atoms with Gasteiger partial charge in [-0.2, -0.15) is 0 Å². The SMILES string of the molecule is Cc1nc(-n2c3ccccc3c3ccccc32)c(C)c(C)c1-n1c2ccccc2c2ccccc21. The number of pyridine rings is 1. The molecule has 3 aromatic heterocycles. The van der Waals surface area contributed by atoms with Gasteiger partial charge in [-0.05, 0) is 56.2 Å². The average molecular weight is 452 g/mol. The monoisotopic (exact) mass is 451 g/mol. The zero-order chi connectivity index (χ0) is 23.7. The van der Waals surface area contributed by atoms with Crippen molar-refractivity contribution in [1.82, 2.24) is 14.1 Å². The van der Waals surface area contributed by atoms with Crippen LogP contribution in [0.1, 0.15) is 16.8 Å². The van der Waals surface area contributed by atoms with E-state index in [2.05, 4.69) is 127 Å². The zero-order valence-electron chi connectivity index (χ0n) is 20.1. The summed E-state index contributed by atoms with van der Waals surface area (Å²) < 4.78 is 4.72. The Morgan fingerprint density at radius 3 is 1.26 bits per heavy atom. The normalized spacial score (nSPS) is 11.9. The fourth-order valence-corrected chi connectivity index (χ4v) is 5.77. The number of para-hydroxylation sites is 4. The predicted octanol–water partition coefficient (Wildman–Crippen LogP) is 8.20. The van der Waals surface area contributed by atoms with E-state index in [-0.39, 0.29) is 0 Å². The van der Waals surface area contributed by atoms with E-state index in [9.17, 15) is 0 Å². The molecular formula is C32H25N3. The molecule has 0 bridgehead atoms. The Morgan fingerprint density at radius 2 is 0.829 bits per heavy atom. The molecular weight excluding hydrogens is 426 g/mol. The summed E-state index contributed by atoms with van der Waals surface area (Å²) in [6.07, 6.45) is 0. The highest BCUT2D eigenvalue weighted by atomic mass is 15.1. The second-order valence-electron chi connectivity index (χ2n) is 9.36. The van der Waals surface area contributed by atoms with Crippen molar-refractivity contribution in [1.29, 1.82) is 0 Å². The molecule has 0 unspecified atom stereocenters. The minimum atomic E-state index is 1.00. The molecule has 0 N–H and O–H groups in total. The van der Waals surface area contributed by atoms with Crippen molar-refractivity contribution in [2.24, 2.45) is 0 Å². The second kappa shape index (κ2) is 7.31. The van der Waals surface area contributed by atoms with E-state index in [1.54, 1.807) is 0 Å². The van der Waals surface area contributed by atoms with Crippen molar-refractivity contribution < 1.29 is 0 Å². The topological polar surface area (TPSA) is 22.8 Å². The number of hydrogen-bond acceptors (Lipinski definition) is 1. The summed E-state index contributed by atoms with van der Waals surface area (Å²) in [5.41, 5.74) is 9.44. The Hall–Kier alpha value is -4.37. The summed E-state index contributed by atoms with van der Waals surface area (Å²) in [6.45, 7) is 6.58. The standard InChI is InChI=1S/C32H25N3/c1-20-21(2)32(35-29-18-10-6-14-25(29)26-15-7-11-19-30(26)35)33-22(3)31(20)34-27-16-8-4-12-23(27)24-13-5-9-17-28(24)34/h4-19H,1-3H3. The molecule has 4 aromatic carbocycles. The van der Waals surface area contributed by atoms with Crippen LogP contribution in [0.3, 0.4) is 0 Å². The molecule has 168 valence electrons. The van der Waals surface area contributed by atoms with Crippen LogP contribution in [0.2, 0.25) is 0 Å². The van der Waals surface area contributed by atoms with Crippen LogP contribution in [-0.4, -0.2) is 14.1 Å². The van der Waals surface area contributed by atoms with Crippen molar-refractivity contribution in [3.8, 4) is 11.5 Å². The number of rotatable bonds is 2. The van der Waals surface area contributed by atoms with Gasteiger partial charge in [0.25, 0.3) is 0 Å². The first-order chi connectivity index (χ1) is 17.1. The second-order valence-corrected chi connectivity index (χ2v) is 9.36. The molecule has 35 heavy (non-hydrogen) atoms. The lowest BCUT2D eigenvalue weighted by Crippen LogP contribution is -2.09. The van der Waals surface area contributed by atoms with Crippen LogP contribution in [0, 0.1) is 20.8 Å². The highest BCUT2D eigenvalue weighted by Crippen LogP contribution is 2.37. The van der Waals surface area contributed by atoms with Crippen LogP contribution in [0.4, 0.5) is 0 Å².